The Kier molecular flexibility index (Phi) is 6.40. The van der Waals surface area contributed by atoms with E-state index < -0.39 is 33.7 Å². The SMILES string of the molecule is COc1cc(S(=O)(=O)N2CCN(c3cc(F)cc4c3CN(C3CCC(=O)NC3=O)C4=O)CC2)ccc1C. The zero-order valence-electron chi connectivity index (χ0n) is 20.5. The number of amides is 3. The van der Waals surface area contributed by atoms with Crippen molar-refractivity contribution in [1.29, 1.82) is 0 Å². The third kappa shape index (κ3) is 4.44. The van der Waals surface area contributed by atoms with Gasteiger partial charge in [-0.05, 0) is 37.1 Å². The molecule has 1 unspecified atom stereocenters. The molecule has 0 bridgehead atoms. The van der Waals surface area contributed by atoms with E-state index in [1.807, 2.05) is 11.8 Å². The van der Waals surface area contributed by atoms with Gasteiger partial charge in [-0.1, -0.05) is 6.07 Å². The number of sulfonamides is 1. The number of nitrogens with zero attached hydrogens (tertiary/aromatic N) is 3. The molecule has 2 fully saturated rings. The van der Waals surface area contributed by atoms with Crippen molar-refractivity contribution in [1.82, 2.24) is 14.5 Å². The first-order valence-electron chi connectivity index (χ1n) is 12.0. The summed E-state index contributed by atoms with van der Waals surface area (Å²) in [5, 5.41) is 2.26. The topological polar surface area (TPSA) is 116 Å². The zero-order valence-corrected chi connectivity index (χ0v) is 21.3. The molecule has 1 atom stereocenters. The van der Waals surface area contributed by atoms with Crippen LogP contribution < -0.4 is 15.0 Å². The lowest BCUT2D eigenvalue weighted by Gasteiger charge is -2.36. The standard InChI is InChI=1S/C25H27FN4O6S/c1-15-3-4-17(13-22(15)36-2)37(34,35)29-9-7-28(8-10-29)21-12-16(26)11-18-19(21)14-30(25(18)33)20-5-6-23(31)27-24(20)32/h3-4,11-13,20H,5-10,14H2,1-2H3,(H,27,31,32). The summed E-state index contributed by atoms with van der Waals surface area (Å²) in [6.07, 6.45) is 0.337. The number of piperazine rings is 1. The summed E-state index contributed by atoms with van der Waals surface area (Å²) in [6.45, 7) is 2.88. The van der Waals surface area contributed by atoms with Gasteiger partial charge in [0, 0.05) is 62.0 Å². The molecule has 2 aromatic carbocycles. The number of carbonyl (C=O) groups is 3. The molecule has 37 heavy (non-hydrogen) atoms. The zero-order chi connectivity index (χ0) is 26.5. The Hall–Kier alpha value is -3.51. The monoisotopic (exact) mass is 530 g/mol. The maximum Gasteiger partial charge on any atom is 0.255 e. The molecule has 0 spiro atoms. The predicted molar refractivity (Wildman–Crippen MR) is 131 cm³/mol. The number of rotatable bonds is 5. The molecule has 3 aliphatic rings. The molecule has 5 rings (SSSR count). The molecule has 3 amide bonds. The molecule has 2 aromatic rings. The van der Waals surface area contributed by atoms with Gasteiger partial charge in [0.25, 0.3) is 5.91 Å². The van der Waals surface area contributed by atoms with Crippen LogP contribution in [0.1, 0.15) is 34.3 Å². The van der Waals surface area contributed by atoms with E-state index in [-0.39, 0.29) is 48.8 Å². The molecule has 3 aliphatic heterocycles. The number of anilines is 1. The summed E-state index contributed by atoms with van der Waals surface area (Å²) in [7, 11) is -2.27. The van der Waals surface area contributed by atoms with Gasteiger partial charge < -0.3 is 14.5 Å². The third-order valence-electron chi connectivity index (χ3n) is 7.19. The number of nitrogens with one attached hydrogen (secondary N) is 1. The molecule has 10 nitrogen and oxygen atoms in total. The van der Waals surface area contributed by atoms with Crippen LogP contribution in [-0.4, -0.2) is 74.7 Å². The highest BCUT2D eigenvalue weighted by atomic mass is 32.2. The van der Waals surface area contributed by atoms with Crippen LogP contribution in [0.5, 0.6) is 5.75 Å². The number of benzene rings is 2. The van der Waals surface area contributed by atoms with Crippen molar-refractivity contribution in [3.63, 3.8) is 0 Å². The first-order chi connectivity index (χ1) is 17.6. The van der Waals surface area contributed by atoms with Crippen molar-refractivity contribution in [2.75, 3.05) is 38.2 Å². The van der Waals surface area contributed by atoms with Gasteiger partial charge in [0.15, 0.2) is 0 Å². The fourth-order valence-corrected chi connectivity index (χ4v) is 6.61. The molecule has 2 saturated heterocycles. The Labute approximate surface area is 214 Å². The Bertz CT molecular complexity index is 1400. The van der Waals surface area contributed by atoms with Crippen molar-refractivity contribution in [3.8, 4) is 5.75 Å². The lowest BCUT2D eigenvalue weighted by Crippen LogP contribution is -2.52. The highest BCUT2D eigenvalue weighted by Gasteiger charge is 2.41. The maximum atomic E-state index is 14.6. The number of halogens is 1. The number of hydrogen-bond donors (Lipinski definition) is 1. The van der Waals surface area contributed by atoms with E-state index in [2.05, 4.69) is 5.32 Å². The first kappa shape index (κ1) is 25.2. The summed E-state index contributed by atoms with van der Waals surface area (Å²) in [5.41, 5.74) is 2.11. The summed E-state index contributed by atoms with van der Waals surface area (Å²) < 4.78 is 47.7. The average Bonchev–Trinajstić information content (AvgIpc) is 3.19. The van der Waals surface area contributed by atoms with Crippen LogP contribution in [0.2, 0.25) is 0 Å². The van der Waals surface area contributed by atoms with Gasteiger partial charge in [-0.15, -0.1) is 0 Å². The van der Waals surface area contributed by atoms with Crippen LogP contribution in [0.3, 0.4) is 0 Å². The molecular weight excluding hydrogens is 503 g/mol. The van der Waals surface area contributed by atoms with Gasteiger partial charge in [0.1, 0.15) is 17.6 Å². The minimum atomic E-state index is -3.76. The highest BCUT2D eigenvalue weighted by molar-refractivity contribution is 7.89. The van der Waals surface area contributed by atoms with Crippen LogP contribution in [-0.2, 0) is 26.2 Å². The molecule has 0 saturated carbocycles. The van der Waals surface area contributed by atoms with E-state index in [0.717, 1.165) is 5.56 Å². The second-order valence-electron chi connectivity index (χ2n) is 9.37. The summed E-state index contributed by atoms with van der Waals surface area (Å²) in [6, 6.07) is 6.46. The van der Waals surface area contributed by atoms with Gasteiger partial charge in [0.2, 0.25) is 21.8 Å². The molecule has 3 heterocycles. The van der Waals surface area contributed by atoms with Crippen LogP contribution in [0.25, 0.3) is 0 Å². The molecule has 0 aliphatic carbocycles. The number of imide groups is 1. The number of carbonyl (C=O) groups excluding carboxylic acids is 3. The summed E-state index contributed by atoms with van der Waals surface area (Å²) in [5.74, 6) is -1.48. The normalized spacial score (nSPS) is 20.7. The number of piperidine rings is 1. The van der Waals surface area contributed by atoms with E-state index in [1.165, 1.54) is 34.5 Å². The average molecular weight is 531 g/mol. The van der Waals surface area contributed by atoms with Crippen LogP contribution in [0, 0.1) is 12.7 Å². The molecule has 12 heteroatoms. The van der Waals surface area contributed by atoms with E-state index in [0.29, 0.717) is 30.1 Å². The van der Waals surface area contributed by atoms with Crippen LogP contribution >= 0.6 is 0 Å². The van der Waals surface area contributed by atoms with Gasteiger partial charge in [-0.25, -0.2) is 12.8 Å². The second-order valence-corrected chi connectivity index (χ2v) is 11.3. The Morgan fingerprint density at radius 2 is 1.78 bits per heavy atom. The number of fused-ring (bicyclic) bond motifs is 1. The molecule has 0 radical (unpaired) electrons. The van der Waals surface area contributed by atoms with Crippen LogP contribution in [0.15, 0.2) is 35.2 Å². The van der Waals surface area contributed by atoms with Crippen molar-refractivity contribution in [3.05, 3.63) is 52.8 Å². The lowest BCUT2D eigenvalue weighted by molar-refractivity contribution is -0.136. The molecule has 0 aromatic heterocycles. The Morgan fingerprint density at radius 3 is 2.46 bits per heavy atom. The van der Waals surface area contributed by atoms with Gasteiger partial charge in [-0.3, -0.25) is 19.7 Å². The minimum Gasteiger partial charge on any atom is -0.496 e. The van der Waals surface area contributed by atoms with Crippen LogP contribution in [0.4, 0.5) is 10.1 Å². The summed E-state index contributed by atoms with van der Waals surface area (Å²) in [4.78, 5) is 40.4. The van der Waals surface area contributed by atoms with E-state index in [4.69, 9.17) is 4.74 Å². The quantitative estimate of drug-likeness (QED) is 0.581. The summed E-state index contributed by atoms with van der Waals surface area (Å²) >= 11 is 0. The van der Waals surface area contributed by atoms with Crippen molar-refractivity contribution >= 4 is 33.4 Å². The van der Waals surface area contributed by atoms with E-state index >= 15 is 0 Å². The van der Waals surface area contributed by atoms with Crippen molar-refractivity contribution in [2.24, 2.45) is 0 Å². The first-order valence-corrected chi connectivity index (χ1v) is 13.4. The Balaban J connectivity index is 1.35. The number of aryl methyl sites for hydroxylation is 1. The molecule has 196 valence electrons. The highest BCUT2D eigenvalue weighted by Crippen LogP contribution is 2.36. The van der Waals surface area contributed by atoms with E-state index in [1.54, 1.807) is 12.1 Å². The smallest absolute Gasteiger partial charge is 0.255 e. The number of ether oxygens (including phenoxy) is 1. The fraction of sp³-hybridized carbons (Fsp3) is 0.400. The van der Waals surface area contributed by atoms with Gasteiger partial charge in [-0.2, -0.15) is 4.31 Å². The number of methoxy groups -OCH3 is 1. The predicted octanol–water partition coefficient (Wildman–Crippen LogP) is 1.41. The largest absolute Gasteiger partial charge is 0.496 e. The van der Waals surface area contributed by atoms with Crippen molar-refractivity contribution < 1.29 is 31.9 Å². The minimum absolute atomic E-state index is 0.109. The van der Waals surface area contributed by atoms with Gasteiger partial charge >= 0.3 is 0 Å². The lowest BCUT2D eigenvalue weighted by atomic mass is 10.0. The molecule has 1 N–H and O–H groups in total. The third-order valence-corrected chi connectivity index (χ3v) is 9.09. The van der Waals surface area contributed by atoms with Gasteiger partial charge in [0.05, 0.1) is 12.0 Å². The Morgan fingerprint density at radius 1 is 1.05 bits per heavy atom. The van der Waals surface area contributed by atoms with E-state index in [9.17, 15) is 27.2 Å². The fourth-order valence-electron chi connectivity index (χ4n) is 5.17. The maximum absolute atomic E-state index is 14.6. The molecular formula is C25H27FN4O6S. The number of hydrogen-bond acceptors (Lipinski definition) is 7. The second kappa shape index (κ2) is 9.42. The van der Waals surface area contributed by atoms with Crippen molar-refractivity contribution in [2.45, 2.75) is 37.2 Å².